The van der Waals surface area contributed by atoms with E-state index in [1.807, 2.05) is 41.0 Å². The summed E-state index contributed by atoms with van der Waals surface area (Å²) < 4.78 is 1.91. The number of carbonyl (C=O) groups is 1. The first-order chi connectivity index (χ1) is 7.27. The molecule has 3 heteroatoms. The Bertz CT molecular complexity index is 356. The van der Waals surface area contributed by atoms with Crippen LogP contribution in [0.3, 0.4) is 0 Å². The number of piperidine rings is 1. The van der Waals surface area contributed by atoms with Gasteiger partial charge in [0.25, 0.3) is 5.91 Å². The molecule has 1 aliphatic rings. The third-order valence-corrected chi connectivity index (χ3v) is 2.83. The smallest absolute Gasteiger partial charge is 0.259 e. The Morgan fingerprint density at radius 1 is 1.33 bits per heavy atom. The van der Waals surface area contributed by atoms with Crippen molar-refractivity contribution < 1.29 is 9.36 Å². The van der Waals surface area contributed by atoms with Gasteiger partial charge >= 0.3 is 0 Å². The normalized spacial score (nSPS) is 16.5. The fourth-order valence-electron chi connectivity index (χ4n) is 1.99. The Kier molecular flexibility index (Phi) is 2.99. The minimum absolute atomic E-state index is 0.172. The molecule has 3 nitrogen and oxygen atoms in total. The maximum Gasteiger partial charge on any atom is 0.259 e. The van der Waals surface area contributed by atoms with Crippen LogP contribution in [-0.2, 0) is 7.05 Å². The fraction of sp³-hybridized carbons (Fsp3) is 0.500. The van der Waals surface area contributed by atoms with Crippen LogP contribution in [0, 0.1) is 0 Å². The van der Waals surface area contributed by atoms with Gasteiger partial charge in [-0.15, -0.1) is 0 Å². The third kappa shape index (κ3) is 2.35. The van der Waals surface area contributed by atoms with Crippen molar-refractivity contribution in [3.63, 3.8) is 0 Å². The van der Waals surface area contributed by atoms with Crippen LogP contribution in [0.25, 0.3) is 0 Å². The van der Waals surface area contributed by atoms with Crippen LogP contribution in [0.15, 0.2) is 24.5 Å². The molecule has 0 aromatic carbocycles. The Morgan fingerprint density at radius 2 is 2.07 bits per heavy atom. The van der Waals surface area contributed by atoms with Crippen molar-refractivity contribution in [2.45, 2.75) is 19.3 Å². The topological polar surface area (TPSA) is 24.2 Å². The van der Waals surface area contributed by atoms with E-state index in [-0.39, 0.29) is 5.91 Å². The molecule has 0 atom stereocenters. The van der Waals surface area contributed by atoms with E-state index in [0.29, 0.717) is 0 Å². The Hall–Kier alpha value is -1.38. The average molecular weight is 205 g/mol. The molecule has 0 aliphatic carbocycles. The Labute approximate surface area is 90.3 Å². The lowest BCUT2D eigenvalue weighted by atomic mass is 10.1. The lowest BCUT2D eigenvalue weighted by molar-refractivity contribution is -0.671. The lowest BCUT2D eigenvalue weighted by Crippen LogP contribution is -2.37. The van der Waals surface area contributed by atoms with Crippen molar-refractivity contribution in [2.24, 2.45) is 7.05 Å². The highest BCUT2D eigenvalue weighted by Crippen LogP contribution is 2.11. The van der Waals surface area contributed by atoms with Gasteiger partial charge in [0.05, 0.1) is 0 Å². The first-order valence-electron chi connectivity index (χ1n) is 5.52. The molecule has 1 amide bonds. The largest absolute Gasteiger partial charge is 0.338 e. The Morgan fingerprint density at radius 3 is 2.73 bits per heavy atom. The summed E-state index contributed by atoms with van der Waals surface area (Å²) >= 11 is 0. The number of aryl methyl sites for hydroxylation is 1. The maximum atomic E-state index is 12.1. The lowest BCUT2D eigenvalue weighted by Gasteiger charge is -2.26. The van der Waals surface area contributed by atoms with E-state index in [4.69, 9.17) is 0 Å². The van der Waals surface area contributed by atoms with Crippen molar-refractivity contribution in [2.75, 3.05) is 13.1 Å². The second-order valence-corrected chi connectivity index (χ2v) is 4.11. The van der Waals surface area contributed by atoms with E-state index in [0.717, 1.165) is 31.5 Å². The van der Waals surface area contributed by atoms with Crippen molar-refractivity contribution >= 4 is 5.91 Å². The summed E-state index contributed by atoms with van der Waals surface area (Å²) in [6.45, 7) is 1.83. The van der Waals surface area contributed by atoms with E-state index in [1.54, 1.807) is 0 Å². The molecule has 1 aromatic heterocycles. The Balaban J connectivity index is 2.12. The number of rotatable bonds is 1. The van der Waals surface area contributed by atoms with E-state index in [1.165, 1.54) is 6.42 Å². The van der Waals surface area contributed by atoms with Crippen molar-refractivity contribution in [1.29, 1.82) is 0 Å². The molecule has 0 N–H and O–H groups in total. The number of aromatic nitrogens is 1. The molecule has 1 aliphatic heterocycles. The van der Waals surface area contributed by atoms with Crippen molar-refractivity contribution in [1.82, 2.24) is 4.90 Å². The van der Waals surface area contributed by atoms with Crippen LogP contribution in [0.2, 0.25) is 0 Å². The zero-order chi connectivity index (χ0) is 10.7. The number of hydrogen-bond acceptors (Lipinski definition) is 1. The number of likely N-dealkylation sites (tertiary alicyclic amines) is 1. The van der Waals surface area contributed by atoms with Gasteiger partial charge in [-0.2, -0.15) is 0 Å². The molecule has 0 unspecified atom stereocenters. The highest BCUT2D eigenvalue weighted by Gasteiger charge is 2.19. The molecule has 0 radical (unpaired) electrons. The fourth-order valence-corrected chi connectivity index (χ4v) is 1.99. The summed E-state index contributed by atoms with van der Waals surface area (Å²) in [4.78, 5) is 14.0. The number of carbonyl (C=O) groups excluding carboxylic acids is 1. The minimum atomic E-state index is 0.172. The van der Waals surface area contributed by atoms with E-state index < -0.39 is 0 Å². The summed E-state index contributed by atoms with van der Waals surface area (Å²) in [6.07, 6.45) is 7.37. The summed E-state index contributed by atoms with van der Waals surface area (Å²) in [6, 6.07) is 3.80. The van der Waals surface area contributed by atoms with Gasteiger partial charge in [0, 0.05) is 19.2 Å². The molecule has 0 bridgehead atoms. The SMILES string of the molecule is C[n+]1cccc(C(=O)N2CCCCC2)c1. The molecule has 2 heterocycles. The molecular formula is C12H17N2O+. The second-order valence-electron chi connectivity index (χ2n) is 4.11. The number of nitrogens with zero attached hydrogens (tertiary/aromatic N) is 2. The van der Waals surface area contributed by atoms with E-state index >= 15 is 0 Å². The van der Waals surface area contributed by atoms with Crippen LogP contribution < -0.4 is 4.57 Å². The predicted molar refractivity (Wildman–Crippen MR) is 57.4 cm³/mol. The van der Waals surface area contributed by atoms with Crippen LogP contribution >= 0.6 is 0 Å². The summed E-state index contributed by atoms with van der Waals surface area (Å²) in [7, 11) is 1.94. The van der Waals surface area contributed by atoms with E-state index in [2.05, 4.69) is 0 Å². The first kappa shape index (κ1) is 10.1. The highest BCUT2D eigenvalue weighted by atomic mass is 16.2. The first-order valence-corrected chi connectivity index (χ1v) is 5.52. The molecule has 80 valence electrons. The van der Waals surface area contributed by atoms with Gasteiger partial charge in [-0.05, 0) is 25.3 Å². The standard InChI is InChI=1S/C12H17N2O/c1-13-7-5-6-11(10-13)12(15)14-8-3-2-4-9-14/h5-7,10H,2-4,8-9H2,1H3/q+1. The molecule has 1 aromatic rings. The van der Waals surface area contributed by atoms with Gasteiger partial charge in [-0.25, -0.2) is 4.57 Å². The molecule has 1 fully saturated rings. The van der Waals surface area contributed by atoms with E-state index in [9.17, 15) is 4.79 Å². The second kappa shape index (κ2) is 4.43. The predicted octanol–water partition coefficient (Wildman–Crippen LogP) is 1.14. The van der Waals surface area contributed by atoms with Gasteiger partial charge in [-0.1, -0.05) is 0 Å². The molecule has 15 heavy (non-hydrogen) atoms. The van der Waals surface area contributed by atoms with Crippen LogP contribution in [0.4, 0.5) is 0 Å². The van der Waals surface area contributed by atoms with Crippen molar-refractivity contribution in [3.05, 3.63) is 30.1 Å². The van der Waals surface area contributed by atoms with Crippen LogP contribution in [0.1, 0.15) is 29.6 Å². The molecule has 0 saturated carbocycles. The third-order valence-electron chi connectivity index (χ3n) is 2.83. The average Bonchev–Trinajstić information content (AvgIpc) is 2.29. The van der Waals surface area contributed by atoms with Gasteiger partial charge in [0.15, 0.2) is 12.4 Å². The summed E-state index contributed by atoms with van der Waals surface area (Å²) in [5, 5.41) is 0. The number of pyridine rings is 1. The quantitative estimate of drug-likeness (QED) is 0.631. The minimum Gasteiger partial charge on any atom is -0.338 e. The van der Waals surface area contributed by atoms with Gasteiger partial charge < -0.3 is 4.90 Å². The molecule has 0 spiro atoms. The van der Waals surface area contributed by atoms with Gasteiger partial charge in [-0.3, -0.25) is 4.79 Å². The summed E-state index contributed by atoms with van der Waals surface area (Å²) in [5.74, 6) is 0.172. The van der Waals surface area contributed by atoms with Gasteiger partial charge in [0.1, 0.15) is 12.6 Å². The number of hydrogen-bond donors (Lipinski definition) is 0. The zero-order valence-corrected chi connectivity index (χ0v) is 9.15. The van der Waals surface area contributed by atoms with Gasteiger partial charge in [0.2, 0.25) is 0 Å². The number of amides is 1. The van der Waals surface area contributed by atoms with Crippen LogP contribution in [0.5, 0.6) is 0 Å². The highest BCUT2D eigenvalue weighted by molar-refractivity contribution is 5.93. The zero-order valence-electron chi connectivity index (χ0n) is 9.15. The molecule has 2 rings (SSSR count). The molecule has 1 saturated heterocycles. The monoisotopic (exact) mass is 205 g/mol. The molecular weight excluding hydrogens is 188 g/mol. The van der Waals surface area contributed by atoms with Crippen LogP contribution in [-0.4, -0.2) is 23.9 Å². The van der Waals surface area contributed by atoms with Crippen molar-refractivity contribution in [3.8, 4) is 0 Å². The summed E-state index contributed by atoms with van der Waals surface area (Å²) in [5.41, 5.74) is 0.793. The maximum absolute atomic E-state index is 12.1.